The van der Waals surface area contributed by atoms with Crippen LogP contribution in [0, 0.1) is 52.3 Å². The van der Waals surface area contributed by atoms with Crippen molar-refractivity contribution in [1.82, 2.24) is 5.32 Å². The molecule has 0 aromatic heterocycles. The predicted molar refractivity (Wildman–Crippen MR) is 135 cm³/mol. The van der Waals surface area contributed by atoms with E-state index in [0.29, 0.717) is 19.3 Å². The normalized spacial score (nSPS) is 53.9. The number of esters is 1. The summed E-state index contributed by atoms with van der Waals surface area (Å²) in [5.41, 5.74) is -0.990. The molecule has 3 unspecified atom stereocenters. The first-order valence-corrected chi connectivity index (χ1v) is 13.4. The van der Waals surface area contributed by atoms with Crippen LogP contribution < -0.4 is 5.32 Å². The Morgan fingerprint density at radius 1 is 1.17 bits per heavy atom. The number of rotatable bonds is 7. The van der Waals surface area contributed by atoms with Gasteiger partial charge in [0, 0.05) is 11.9 Å². The minimum Gasteiger partial charge on any atom is -0.468 e. The number of fused-ring (bicyclic) bond motifs is 5. The number of carbonyl (C=O) groups is 2. The van der Waals surface area contributed by atoms with Crippen LogP contribution in [0.3, 0.4) is 0 Å². The van der Waals surface area contributed by atoms with E-state index in [4.69, 9.17) is 9.60 Å². The summed E-state index contributed by atoms with van der Waals surface area (Å²) in [6.07, 6.45) is -4.62. The quantitative estimate of drug-likeness (QED) is 0.454. The van der Waals surface area contributed by atoms with Gasteiger partial charge in [0.1, 0.15) is 6.50 Å². The van der Waals surface area contributed by atoms with Gasteiger partial charge in [-0.15, -0.1) is 0 Å². The molecule has 0 aliphatic heterocycles. The summed E-state index contributed by atoms with van der Waals surface area (Å²) in [5.74, 6) is -2.93. The maximum absolute atomic E-state index is 12.5. The molecule has 4 aliphatic carbocycles. The highest BCUT2D eigenvalue weighted by Gasteiger charge is 2.64. The van der Waals surface area contributed by atoms with Crippen molar-refractivity contribution in [3.05, 3.63) is 0 Å². The summed E-state index contributed by atoms with van der Waals surface area (Å²) in [6, 6.07) is 0. The molecule has 0 heterocycles. The molecule has 0 bridgehead atoms. The SMILES string of the molecule is [2H]C([2H])(NC(=O)CC[C@@H](C)[C@H]1CCC2C3C(CC[C@@]21C)[C@@]1(C)CC([2H])([2H])[C@]([2H])(O)C([2H])([2H])[C@H]1[C@@H](CC)[C@H]3O)C(=O)OC. The molecule has 11 atom stereocenters. The third-order valence-electron chi connectivity index (χ3n) is 10.6. The zero-order chi connectivity index (χ0) is 31.8. The topological polar surface area (TPSA) is 95.9 Å². The maximum Gasteiger partial charge on any atom is 0.325 e. The van der Waals surface area contributed by atoms with E-state index in [9.17, 15) is 19.8 Å². The lowest BCUT2D eigenvalue weighted by Gasteiger charge is -2.64. The fraction of sp³-hybridized carbons (Fsp3) is 0.931. The number of nitrogens with one attached hydrogen (secondary N) is 1. The number of carbonyl (C=O) groups excluding carboxylic acids is 2. The molecule has 1 amide bonds. The monoisotopic (exact) mass is 498 g/mol. The van der Waals surface area contributed by atoms with Crippen molar-refractivity contribution >= 4 is 11.9 Å². The summed E-state index contributed by atoms with van der Waals surface area (Å²) < 4.78 is 63.3. The van der Waals surface area contributed by atoms with Gasteiger partial charge >= 0.3 is 5.97 Å². The van der Waals surface area contributed by atoms with Crippen LogP contribution in [0.5, 0.6) is 0 Å². The van der Waals surface area contributed by atoms with Gasteiger partial charge in [0.25, 0.3) is 0 Å². The van der Waals surface area contributed by atoms with Gasteiger partial charge in [0.15, 0.2) is 0 Å². The number of aliphatic hydroxyl groups excluding tert-OH is 1. The average molecular weight is 499 g/mol. The van der Waals surface area contributed by atoms with Crippen LogP contribution >= 0.6 is 0 Å². The molecule has 0 saturated heterocycles. The molecule has 4 fully saturated rings. The van der Waals surface area contributed by atoms with E-state index in [1.165, 1.54) is 0 Å². The number of ether oxygens (including phenoxy) is 1. The van der Waals surface area contributed by atoms with Crippen molar-refractivity contribution in [1.29, 1.82) is 0 Å². The first kappa shape index (κ1) is 19.0. The molecule has 4 saturated carbocycles. The Kier molecular flexibility index (Phi) is 5.60. The van der Waals surface area contributed by atoms with E-state index < -0.39 is 60.6 Å². The van der Waals surface area contributed by atoms with E-state index in [0.717, 1.165) is 26.4 Å². The van der Waals surface area contributed by atoms with Crippen LogP contribution in [0.25, 0.3) is 0 Å². The van der Waals surface area contributed by atoms with Gasteiger partial charge in [-0.25, -0.2) is 0 Å². The zero-order valence-electron chi connectivity index (χ0n) is 28.9. The number of amides is 1. The number of hydrogen-bond acceptors (Lipinski definition) is 5. The van der Waals surface area contributed by atoms with Crippen LogP contribution in [0.15, 0.2) is 0 Å². The summed E-state index contributed by atoms with van der Waals surface area (Å²) in [5, 5.41) is 25.0. The van der Waals surface area contributed by atoms with Gasteiger partial charge in [-0.05, 0) is 104 Å². The Bertz CT molecular complexity index is 1070. The van der Waals surface area contributed by atoms with Crippen LogP contribution in [-0.4, -0.2) is 47.9 Å². The first-order valence-electron chi connectivity index (χ1n) is 16.9. The van der Waals surface area contributed by atoms with Crippen LogP contribution in [-0.2, 0) is 14.3 Å². The van der Waals surface area contributed by atoms with Crippen LogP contribution in [0.2, 0.25) is 0 Å². The third-order valence-corrected chi connectivity index (χ3v) is 10.6. The molecule has 4 aliphatic rings. The molecule has 0 spiro atoms. The lowest BCUT2D eigenvalue weighted by atomic mass is 9.41. The Hall–Kier alpha value is -1.14. The lowest BCUT2D eigenvalue weighted by molar-refractivity contribution is -0.203. The highest BCUT2D eigenvalue weighted by atomic mass is 16.5. The highest BCUT2D eigenvalue weighted by Crippen LogP contribution is 2.69. The Morgan fingerprint density at radius 2 is 1.89 bits per heavy atom. The molecule has 3 N–H and O–H groups in total. The van der Waals surface area contributed by atoms with Crippen molar-refractivity contribution in [2.45, 2.75) is 104 Å². The minimum atomic E-state index is -2.93. The Morgan fingerprint density at radius 3 is 2.57 bits per heavy atom. The zero-order valence-corrected chi connectivity index (χ0v) is 21.9. The summed E-state index contributed by atoms with van der Waals surface area (Å²) in [6.45, 7) is 5.57. The summed E-state index contributed by atoms with van der Waals surface area (Å²) in [7, 11) is 1.06. The lowest BCUT2D eigenvalue weighted by Crippen LogP contribution is -2.62. The molecular formula is C29H49NO5. The van der Waals surface area contributed by atoms with Crippen molar-refractivity contribution in [2.24, 2.45) is 52.3 Å². The fourth-order valence-electron chi connectivity index (χ4n) is 8.87. The van der Waals surface area contributed by atoms with Gasteiger partial charge in [0.2, 0.25) is 5.91 Å². The average Bonchev–Trinajstić information content (AvgIpc) is 3.23. The van der Waals surface area contributed by atoms with Gasteiger partial charge in [-0.3, -0.25) is 9.59 Å². The smallest absolute Gasteiger partial charge is 0.325 e. The van der Waals surface area contributed by atoms with Crippen molar-refractivity contribution in [3.63, 3.8) is 0 Å². The number of hydrogen-bond donors (Lipinski definition) is 3. The van der Waals surface area contributed by atoms with Crippen molar-refractivity contribution in [2.75, 3.05) is 13.6 Å². The molecule has 4 rings (SSSR count). The Labute approximate surface area is 221 Å². The molecule has 6 heteroatoms. The third kappa shape index (κ3) is 4.67. The molecule has 0 aromatic carbocycles. The number of methoxy groups -OCH3 is 1. The van der Waals surface area contributed by atoms with Gasteiger partial charge in [-0.2, -0.15) is 0 Å². The van der Waals surface area contributed by atoms with Crippen molar-refractivity contribution in [3.8, 4) is 0 Å². The molecular weight excluding hydrogens is 442 g/mol. The maximum atomic E-state index is 12.5. The minimum absolute atomic E-state index is 0.0570. The van der Waals surface area contributed by atoms with E-state index in [2.05, 4.69) is 23.9 Å². The van der Waals surface area contributed by atoms with E-state index in [-0.39, 0.29) is 47.8 Å². The van der Waals surface area contributed by atoms with Gasteiger partial charge < -0.3 is 20.3 Å². The van der Waals surface area contributed by atoms with Gasteiger partial charge in [0.05, 0.1) is 23.4 Å². The van der Waals surface area contributed by atoms with E-state index >= 15 is 0 Å². The second kappa shape index (κ2) is 10.3. The summed E-state index contributed by atoms with van der Waals surface area (Å²) >= 11 is 0. The van der Waals surface area contributed by atoms with Gasteiger partial charge in [-0.1, -0.05) is 34.1 Å². The van der Waals surface area contributed by atoms with Crippen LogP contribution in [0.1, 0.15) is 101 Å². The Balaban J connectivity index is 1.57. The summed E-state index contributed by atoms with van der Waals surface area (Å²) in [4.78, 5) is 24.1. The predicted octanol–water partition coefficient (Wildman–Crippen LogP) is 4.32. The number of aliphatic hydroxyl groups is 2. The van der Waals surface area contributed by atoms with E-state index in [1.54, 1.807) is 0 Å². The fourth-order valence-corrected chi connectivity index (χ4v) is 8.87. The highest BCUT2D eigenvalue weighted by molar-refractivity contribution is 5.81. The first-order chi connectivity index (χ1) is 19.1. The van der Waals surface area contributed by atoms with Crippen LogP contribution in [0.4, 0.5) is 0 Å². The molecule has 0 aromatic rings. The molecule has 6 nitrogen and oxygen atoms in total. The molecule has 200 valence electrons. The second-order valence-corrected chi connectivity index (χ2v) is 12.1. The second-order valence-electron chi connectivity index (χ2n) is 12.1. The van der Waals surface area contributed by atoms with Crippen molar-refractivity contribution < 1.29 is 34.1 Å². The van der Waals surface area contributed by atoms with E-state index in [1.807, 2.05) is 13.8 Å². The standard InChI is InChI=1S/C29H49NO5/c1-6-19-23-15-18(31)11-13-29(23,4)22-12-14-28(3)20(8-9-21(28)26(22)27(19)34)17(2)7-10-24(32)30-16-25(33)35-5/h17-23,26-27,31,34H,6-16H2,1-5H3,(H,30,32)/t17-,18+,19-,20-,21?,22?,23+,26?,27-,28-,29-/m1/s1/i11D2,15D2,16D2,18D. The largest absolute Gasteiger partial charge is 0.468 e. The molecule has 35 heavy (non-hydrogen) atoms. The molecule has 0 radical (unpaired) electrons.